The molecule has 22 heavy (non-hydrogen) atoms. The lowest BCUT2D eigenvalue weighted by atomic mass is 10.0. The summed E-state index contributed by atoms with van der Waals surface area (Å²) in [7, 11) is 0. The number of hydrogen-bond acceptors (Lipinski definition) is 6. The van der Waals surface area contributed by atoms with Gasteiger partial charge in [0, 0.05) is 23.8 Å². The summed E-state index contributed by atoms with van der Waals surface area (Å²) < 4.78 is 5.47. The van der Waals surface area contributed by atoms with Crippen molar-refractivity contribution >= 4 is 23.2 Å². The topological polar surface area (TPSA) is 105 Å². The molecule has 0 fully saturated rings. The molecule has 0 aliphatic rings. The molecule has 0 saturated heterocycles. The van der Waals surface area contributed by atoms with Gasteiger partial charge in [-0.3, -0.25) is 4.79 Å². The highest BCUT2D eigenvalue weighted by Crippen LogP contribution is 2.20. The van der Waals surface area contributed by atoms with Crippen LogP contribution in [0.3, 0.4) is 0 Å². The molecular formula is C14H17N3O4S. The minimum Gasteiger partial charge on any atom is -0.480 e. The maximum absolute atomic E-state index is 11.8. The molecule has 1 atom stereocenters. The first-order chi connectivity index (χ1) is 10.5. The Balaban J connectivity index is 1.87. The van der Waals surface area contributed by atoms with Gasteiger partial charge < -0.3 is 14.8 Å². The van der Waals surface area contributed by atoms with Crippen LogP contribution >= 0.6 is 11.3 Å². The van der Waals surface area contributed by atoms with Crippen molar-refractivity contribution in [2.75, 3.05) is 0 Å². The number of rotatable bonds is 7. The number of nitrogens with zero attached hydrogens (tertiary/aromatic N) is 2. The van der Waals surface area contributed by atoms with E-state index in [1.165, 1.54) is 11.3 Å². The third kappa shape index (κ3) is 4.14. The quantitative estimate of drug-likeness (QED) is 0.807. The summed E-state index contributed by atoms with van der Waals surface area (Å²) in [6.07, 6.45) is 0.370. The predicted molar refractivity (Wildman–Crippen MR) is 80.3 cm³/mol. The summed E-state index contributed by atoms with van der Waals surface area (Å²) in [4.78, 5) is 22.8. The second-order valence-corrected chi connectivity index (χ2v) is 5.92. The largest absolute Gasteiger partial charge is 0.480 e. The molecule has 2 N–H and O–H groups in total. The molecule has 2 rings (SSSR count). The third-order valence-electron chi connectivity index (χ3n) is 3.05. The Morgan fingerprint density at radius 2 is 2.18 bits per heavy atom. The van der Waals surface area contributed by atoms with E-state index in [0.29, 0.717) is 11.8 Å². The minimum atomic E-state index is -1.04. The van der Waals surface area contributed by atoms with Crippen molar-refractivity contribution < 1.29 is 19.1 Å². The first kappa shape index (κ1) is 16.2. The minimum absolute atomic E-state index is 0.0990. The second-order valence-electron chi connectivity index (χ2n) is 5.14. The Morgan fingerprint density at radius 1 is 1.41 bits per heavy atom. The Morgan fingerprint density at radius 3 is 2.77 bits per heavy atom. The van der Waals surface area contributed by atoms with Gasteiger partial charge in [0.05, 0.1) is 0 Å². The summed E-state index contributed by atoms with van der Waals surface area (Å²) >= 11 is 1.53. The predicted octanol–water partition coefficient (Wildman–Crippen LogP) is 1.96. The Hall–Kier alpha value is -2.22. The fraction of sp³-hybridized carbons (Fsp3) is 0.429. The number of thiophene rings is 1. The molecule has 7 nitrogen and oxygen atoms in total. The average Bonchev–Trinajstić information content (AvgIpc) is 3.12. The average molecular weight is 323 g/mol. The fourth-order valence-corrected chi connectivity index (χ4v) is 2.47. The number of aryl methyl sites for hydroxylation is 1. The number of nitrogens with one attached hydrogen (secondary N) is 1. The Labute approximate surface area is 131 Å². The molecule has 0 aliphatic carbocycles. The van der Waals surface area contributed by atoms with Gasteiger partial charge in [-0.2, -0.15) is 11.3 Å². The Kier molecular flexibility index (Phi) is 5.26. The molecule has 118 valence electrons. The van der Waals surface area contributed by atoms with Gasteiger partial charge >= 0.3 is 5.97 Å². The molecule has 2 aromatic rings. The van der Waals surface area contributed by atoms with Gasteiger partial charge in [0.1, 0.15) is 6.04 Å². The lowest BCUT2D eigenvalue weighted by Crippen LogP contribution is -2.44. The lowest BCUT2D eigenvalue weighted by Gasteiger charge is -2.17. The summed E-state index contributed by atoms with van der Waals surface area (Å²) in [6, 6.07) is 0.978. The molecule has 0 saturated carbocycles. The van der Waals surface area contributed by atoms with Crippen LogP contribution < -0.4 is 5.32 Å². The van der Waals surface area contributed by atoms with E-state index in [9.17, 15) is 9.59 Å². The van der Waals surface area contributed by atoms with E-state index in [2.05, 4.69) is 15.5 Å². The van der Waals surface area contributed by atoms with Gasteiger partial charge in [-0.1, -0.05) is 13.8 Å². The maximum atomic E-state index is 11.8. The molecule has 0 bridgehead atoms. The van der Waals surface area contributed by atoms with Gasteiger partial charge in [-0.15, -0.1) is 10.2 Å². The molecular weight excluding hydrogens is 306 g/mol. The standard InChI is InChI=1S/C14H17N3O4S/c1-8(2)12(14(19)20)15-10(18)3-4-11-16-17-13(21-11)9-5-6-22-7-9/h5-8,12H,3-4H2,1-2H3,(H,15,18)(H,19,20)/t12-/m0/s1. The first-order valence-electron chi connectivity index (χ1n) is 6.84. The van der Waals surface area contributed by atoms with Crippen molar-refractivity contribution in [2.45, 2.75) is 32.7 Å². The summed E-state index contributed by atoms with van der Waals surface area (Å²) in [5, 5.41) is 23.1. The summed E-state index contributed by atoms with van der Waals surface area (Å²) in [5.74, 6) is -0.803. The summed E-state index contributed by atoms with van der Waals surface area (Å²) in [6.45, 7) is 3.48. The van der Waals surface area contributed by atoms with E-state index in [1.807, 2.05) is 16.8 Å². The highest BCUT2D eigenvalue weighted by atomic mass is 32.1. The van der Waals surface area contributed by atoms with Gasteiger partial charge in [-0.05, 0) is 17.4 Å². The summed E-state index contributed by atoms with van der Waals surface area (Å²) in [5.41, 5.74) is 0.846. The number of carboxylic acid groups (broad SMARTS) is 1. The van der Waals surface area contributed by atoms with E-state index >= 15 is 0 Å². The van der Waals surface area contributed by atoms with Crippen molar-refractivity contribution in [2.24, 2.45) is 5.92 Å². The van der Waals surface area contributed by atoms with E-state index in [0.717, 1.165) is 5.56 Å². The Bertz CT molecular complexity index is 636. The number of carbonyl (C=O) groups is 2. The van der Waals surface area contributed by atoms with Crippen molar-refractivity contribution in [1.82, 2.24) is 15.5 Å². The smallest absolute Gasteiger partial charge is 0.326 e. The van der Waals surface area contributed by atoms with Crippen LogP contribution in [0.25, 0.3) is 11.5 Å². The zero-order valence-electron chi connectivity index (χ0n) is 12.3. The van der Waals surface area contributed by atoms with Crippen LogP contribution in [0.1, 0.15) is 26.2 Å². The number of aliphatic carboxylic acids is 1. The molecule has 0 aliphatic heterocycles. The van der Waals surface area contributed by atoms with Crippen LogP contribution in [0.2, 0.25) is 0 Å². The van der Waals surface area contributed by atoms with Crippen molar-refractivity contribution in [1.29, 1.82) is 0 Å². The van der Waals surface area contributed by atoms with Gasteiger partial charge in [0.15, 0.2) is 0 Å². The van der Waals surface area contributed by atoms with Crippen molar-refractivity contribution in [3.05, 3.63) is 22.7 Å². The fourth-order valence-electron chi connectivity index (χ4n) is 1.84. The third-order valence-corrected chi connectivity index (χ3v) is 3.73. The van der Waals surface area contributed by atoms with Gasteiger partial charge in [0.25, 0.3) is 0 Å². The SMILES string of the molecule is CC(C)[C@H](NC(=O)CCc1nnc(-c2ccsc2)o1)C(=O)O. The van der Waals surface area contributed by atoms with Crippen LogP contribution in [0.5, 0.6) is 0 Å². The molecule has 0 aromatic carbocycles. The lowest BCUT2D eigenvalue weighted by molar-refractivity contribution is -0.143. The second kappa shape index (κ2) is 7.17. The number of carboxylic acids is 1. The number of carbonyl (C=O) groups excluding carboxylic acids is 1. The van der Waals surface area contributed by atoms with Gasteiger partial charge in [0.2, 0.25) is 17.7 Å². The number of aromatic nitrogens is 2. The highest BCUT2D eigenvalue weighted by molar-refractivity contribution is 7.08. The molecule has 0 unspecified atom stereocenters. The van der Waals surface area contributed by atoms with Crippen LogP contribution in [-0.2, 0) is 16.0 Å². The van der Waals surface area contributed by atoms with Crippen LogP contribution in [0.15, 0.2) is 21.2 Å². The number of hydrogen-bond donors (Lipinski definition) is 2. The monoisotopic (exact) mass is 323 g/mol. The van der Waals surface area contributed by atoms with Crippen molar-refractivity contribution in [3.63, 3.8) is 0 Å². The molecule has 1 amide bonds. The maximum Gasteiger partial charge on any atom is 0.326 e. The molecule has 0 radical (unpaired) electrons. The first-order valence-corrected chi connectivity index (χ1v) is 7.78. The van der Waals surface area contributed by atoms with Crippen LogP contribution in [0.4, 0.5) is 0 Å². The van der Waals surface area contributed by atoms with Crippen LogP contribution in [-0.4, -0.2) is 33.2 Å². The zero-order chi connectivity index (χ0) is 16.1. The molecule has 2 aromatic heterocycles. The van der Waals surface area contributed by atoms with Gasteiger partial charge in [-0.25, -0.2) is 4.79 Å². The molecule has 0 spiro atoms. The van der Waals surface area contributed by atoms with E-state index in [-0.39, 0.29) is 24.7 Å². The normalized spacial score (nSPS) is 12.3. The zero-order valence-corrected chi connectivity index (χ0v) is 13.1. The molecule has 8 heteroatoms. The van der Waals surface area contributed by atoms with E-state index in [4.69, 9.17) is 9.52 Å². The number of amides is 1. The van der Waals surface area contributed by atoms with Crippen LogP contribution in [0, 0.1) is 5.92 Å². The van der Waals surface area contributed by atoms with E-state index in [1.54, 1.807) is 13.8 Å². The van der Waals surface area contributed by atoms with Crippen molar-refractivity contribution in [3.8, 4) is 11.5 Å². The van der Waals surface area contributed by atoms with E-state index < -0.39 is 12.0 Å². The highest BCUT2D eigenvalue weighted by Gasteiger charge is 2.23. The molecule has 2 heterocycles.